The maximum absolute atomic E-state index is 11.7. The first-order valence-electron chi connectivity index (χ1n) is 8.66. The Morgan fingerprint density at radius 1 is 1.08 bits per heavy atom. The van der Waals surface area contributed by atoms with Crippen molar-refractivity contribution in [3.63, 3.8) is 0 Å². The van der Waals surface area contributed by atoms with E-state index in [0.717, 1.165) is 30.2 Å². The summed E-state index contributed by atoms with van der Waals surface area (Å²) < 4.78 is 5.66. The third-order valence-corrected chi connectivity index (χ3v) is 3.73. The molecule has 1 amide bonds. The van der Waals surface area contributed by atoms with Gasteiger partial charge in [-0.1, -0.05) is 30.3 Å². The summed E-state index contributed by atoms with van der Waals surface area (Å²) in [4.78, 5) is 15.9. The lowest BCUT2D eigenvalue weighted by molar-refractivity contribution is 0.0963. The Balaban J connectivity index is 1.70. The van der Waals surface area contributed by atoms with Gasteiger partial charge in [-0.15, -0.1) is 0 Å². The summed E-state index contributed by atoms with van der Waals surface area (Å²) in [5.41, 5.74) is 1.66. The minimum absolute atomic E-state index is 0.0900. The predicted molar refractivity (Wildman–Crippen MR) is 105 cm³/mol. The van der Waals surface area contributed by atoms with Gasteiger partial charge in [-0.05, 0) is 36.2 Å². The van der Waals surface area contributed by atoms with E-state index in [1.165, 1.54) is 0 Å². The quantitative estimate of drug-likeness (QED) is 0.386. The number of carbonyl (C=O) groups is 1. The van der Waals surface area contributed by atoms with Crippen LogP contribution in [-0.2, 0) is 6.54 Å². The second-order valence-electron chi connectivity index (χ2n) is 5.65. The molecule has 0 saturated heterocycles. The van der Waals surface area contributed by atoms with E-state index in [1.807, 2.05) is 48.5 Å². The molecule has 0 radical (unpaired) electrons. The topological polar surface area (TPSA) is 74.8 Å². The third kappa shape index (κ3) is 6.47. The largest absolute Gasteiger partial charge is 0.494 e. The van der Waals surface area contributed by atoms with Gasteiger partial charge in [0.1, 0.15) is 5.75 Å². The lowest BCUT2D eigenvalue weighted by Gasteiger charge is -2.13. The molecule has 0 aliphatic heterocycles. The van der Waals surface area contributed by atoms with Crippen LogP contribution in [0.1, 0.15) is 22.3 Å². The van der Waals surface area contributed by atoms with Crippen LogP contribution in [0.25, 0.3) is 0 Å². The Morgan fingerprint density at radius 2 is 1.88 bits per heavy atom. The van der Waals surface area contributed by atoms with Crippen LogP contribution in [0.5, 0.6) is 5.75 Å². The predicted octanol–water partition coefficient (Wildman–Crippen LogP) is 2.18. The molecule has 0 aliphatic carbocycles. The highest BCUT2D eigenvalue weighted by Gasteiger charge is 2.04. The number of ether oxygens (including phenoxy) is 1. The van der Waals surface area contributed by atoms with Crippen LogP contribution in [0.3, 0.4) is 0 Å². The highest BCUT2D eigenvalue weighted by atomic mass is 16.5. The van der Waals surface area contributed by atoms with Gasteiger partial charge in [0, 0.05) is 32.7 Å². The molecular weight excluding hydrogens is 328 g/mol. The Labute approximate surface area is 154 Å². The molecule has 2 aromatic rings. The minimum atomic E-state index is -0.0900. The van der Waals surface area contributed by atoms with Crippen molar-refractivity contribution in [1.82, 2.24) is 16.0 Å². The smallest absolute Gasteiger partial charge is 0.251 e. The lowest BCUT2D eigenvalue weighted by atomic mass is 10.1. The van der Waals surface area contributed by atoms with E-state index in [2.05, 4.69) is 20.9 Å². The second-order valence-corrected chi connectivity index (χ2v) is 5.65. The number of hydrogen-bond acceptors (Lipinski definition) is 3. The number of nitrogens with zero attached hydrogens (tertiary/aromatic N) is 1. The van der Waals surface area contributed by atoms with Crippen LogP contribution in [0, 0.1) is 0 Å². The van der Waals surface area contributed by atoms with Crippen LogP contribution in [0.15, 0.2) is 59.6 Å². The lowest BCUT2D eigenvalue weighted by Crippen LogP contribution is -2.37. The van der Waals surface area contributed by atoms with Gasteiger partial charge < -0.3 is 20.7 Å². The number of para-hydroxylation sites is 1. The van der Waals surface area contributed by atoms with Crippen LogP contribution in [0.2, 0.25) is 0 Å². The van der Waals surface area contributed by atoms with E-state index < -0.39 is 0 Å². The first kappa shape index (κ1) is 19.3. The molecule has 0 atom stereocenters. The molecule has 0 heterocycles. The summed E-state index contributed by atoms with van der Waals surface area (Å²) in [5.74, 6) is 1.51. The van der Waals surface area contributed by atoms with Gasteiger partial charge in [0.05, 0.1) is 6.61 Å². The first-order chi connectivity index (χ1) is 12.7. The van der Waals surface area contributed by atoms with Crippen molar-refractivity contribution in [3.05, 3.63) is 65.7 Å². The molecule has 2 aromatic carbocycles. The molecule has 138 valence electrons. The van der Waals surface area contributed by atoms with Gasteiger partial charge in [-0.25, -0.2) is 0 Å². The number of amides is 1. The van der Waals surface area contributed by atoms with Gasteiger partial charge in [0.15, 0.2) is 5.96 Å². The van der Waals surface area contributed by atoms with E-state index in [4.69, 9.17) is 4.74 Å². The van der Waals surface area contributed by atoms with E-state index in [1.54, 1.807) is 20.2 Å². The zero-order chi connectivity index (χ0) is 18.6. The molecule has 0 unspecified atom stereocenters. The number of rotatable bonds is 8. The fourth-order valence-electron chi connectivity index (χ4n) is 2.36. The van der Waals surface area contributed by atoms with Crippen LogP contribution in [0.4, 0.5) is 0 Å². The molecule has 2 rings (SSSR count). The number of carbonyl (C=O) groups excluding carboxylic acids is 1. The molecule has 0 fully saturated rings. The standard InChI is InChI=1S/C20H26N4O2/c1-21-19(25)17-9-6-8-16(14-17)15-24-20(22-2)23-12-7-13-26-18-10-4-3-5-11-18/h3-6,8-11,14H,7,12-13,15H2,1-2H3,(H,21,25)(H2,22,23,24). The molecule has 0 bridgehead atoms. The van der Waals surface area contributed by atoms with Gasteiger partial charge in [0.25, 0.3) is 5.91 Å². The zero-order valence-electron chi connectivity index (χ0n) is 15.3. The average molecular weight is 354 g/mol. The molecular formula is C20H26N4O2. The van der Waals surface area contributed by atoms with E-state index in [0.29, 0.717) is 18.7 Å². The molecule has 6 heteroatoms. The number of benzene rings is 2. The van der Waals surface area contributed by atoms with Crippen molar-refractivity contribution < 1.29 is 9.53 Å². The SMILES string of the molecule is CN=C(NCCCOc1ccccc1)NCc1cccc(C(=O)NC)c1. The average Bonchev–Trinajstić information content (AvgIpc) is 2.70. The summed E-state index contributed by atoms with van der Waals surface area (Å²) in [6.07, 6.45) is 0.863. The van der Waals surface area contributed by atoms with E-state index in [9.17, 15) is 4.79 Å². The van der Waals surface area contributed by atoms with E-state index in [-0.39, 0.29) is 5.91 Å². The fraction of sp³-hybridized carbons (Fsp3) is 0.300. The normalized spacial score (nSPS) is 10.9. The number of hydrogen-bond donors (Lipinski definition) is 3. The minimum Gasteiger partial charge on any atom is -0.494 e. The monoisotopic (exact) mass is 354 g/mol. The second kappa shape index (κ2) is 10.8. The summed E-state index contributed by atoms with van der Waals surface area (Å²) in [5, 5.41) is 9.13. The van der Waals surface area contributed by atoms with Crippen molar-refractivity contribution >= 4 is 11.9 Å². The Kier molecular flexibility index (Phi) is 7.99. The van der Waals surface area contributed by atoms with Crippen molar-refractivity contribution in [3.8, 4) is 5.75 Å². The van der Waals surface area contributed by atoms with Gasteiger partial charge in [0.2, 0.25) is 0 Å². The fourth-order valence-corrected chi connectivity index (χ4v) is 2.36. The van der Waals surface area contributed by atoms with Gasteiger partial charge in [-0.2, -0.15) is 0 Å². The zero-order valence-corrected chi connectivity index (χ0v) is 15.3. The summed E-state index contributed by atoms with van der Waals surface area (Å²) >= 11 is 0. The van der Waals surface area contributed by atoms with Crippen molar-refractivity contribution in [2.24, 2.45) is 4.99 Å². The molecule has 26 heavy (non-hydrogen) atoms. The summed E-state index contributed by atoms with van der Waals surface area (Å²) in [6.45, 7) is 1.98. The molecule has 0 spiro atoms. The third-order valence-electron chi connectivity index (χ3n) is 3.73. The number of aliphatic imine (C=N–C) groups is 1. The molecule has 0 aromatic heterocycles. The Morgan fingerprint density at radius 3 is 2.62 bits per heavy atom. The molecule has 0 aliphatic rings. The summed E-state index contributed by atoms with van der Waals surface area (Å²) in [6, 6.07) is 17.3. The number of nitrogens with one attached hydrogen (secondary N) is 3. The van der Waals surface area contributed by atoms with Gasteiger partial charge >= 0.3 is 0 Å². The molecule has 3 N–H and O–H groups in total. The van der Waals surface area contributed by atoms with Crippen molar-refractivity contribution in [2.75, 3.05) is 27.2 Å². The number of guanidine groups is 1. The highest BCUT2D eigenvalue weighted by molar-refractivity contribution is 5.94. The molecule has 6 nitrogen and oxygen atoms in total. The van der Waals surface area contributed by atoms with Gasteiger partial charge in [-0.3, -0.25) is 9.79 Å². The van der Waals surface area contributed by atoms with E-state index >= 15 is 0 Å². The maximum Gasteiger partial charge on any atom is 0.251 e. The first-order valence-corrected chi connectivity index (χ1v) is 8.66. The molecule has 0 saturated carbocycles. The Hall–Kier alpha value is -3.02. The highest BCUT2D eigenvalue weighted by Crippen LogP contribution is 2.08. The van der Waals surface area contributed by atoms with Crippen LogP contribution < -0.4 is 20.7 Å². The van der Waals surface area contributed by atoms with Crippen LogP contribution >= 0.6 is 0 Å². The van der Waals surface area contributed by atoms with Crippen molar-refractivity contribution in [1.29, 1.82) is 0 Å². The maximum atomic E-state index is 11.7. The Bertz CT molecular complexity index is 717. The summed E-state index contributed by atoms with van der Waals surface area (Å²) in [7, 11) is 3.36. The van der Waals surface area contributed by atoms with Crippen LogP contribution in [-0.4, -0.2) is 39.1 Å². The van der Waals surface area contributed by atoms with Crippen molar-refractivity contribution in [2.45, 2.75) is 13.0 Å².